The lowest BCUT2D eigenvalue weighted by molar-refractivity contribution is 0.556. The van der Waals surface area contributed by atoms with Crippen molar-refractivity contribution in [2.75, 3.05) is 0 Å². The van der Waals surface area contributed by atoms with Crippen LogP contribution in [0.3, 0.4) is 0 Å². The number of hydrogen-bond acceptors (Lipinski definition) is 4. The quantitative estimate of drug-likeness (QED) is 0.392. The van der Waals surface area contributed by atoms with E-state index in [0.717, 1.165) is 45.9 Å². The molecule has 0 aliphatic carbocycles. The standard InChI is InChI=1S/C25H23FN6/c1-4-31-16(2)23(29-30-31)19-12-13-21-22(15-19)32(17(3)28-21)25(18-9-6-5-7-10-18)24-20(26)11-8-14-27-24/h5-15,25H,4H2,1-3H3. The van der Waals surface area contributed by atoms with Crippen molar-refractivity contribution < 1.29 is 4.39 Å². The van der Waals surface area contributed by atoms with Gasteiger partial charge in [0.15, 0.2) is 0 Å². The maximum absolute atomic E-state index is 15.0. The van der Waals surface area contributed by atoms with Crippen LogP contribution in [0.4, 0.5) is 4.39 Å². The third-order valence-electron chi connectivity index (χ3n) is 5.84. The van der Waals surface area contributed by atoms with Crippen LogP contribution in [-0.2, 0) is 6.54 Å². The van der Waals surface area contributed by atoms with Gasteiger partial charge in [-0.25, -0.2) is 14.1 Å². The van der Waals surface area contributed by atoms with Crippen LogP contribution >= 0.6 is 0 Å². The first-order valence-corrected chi connectivity index (χ1v) is 10.6. The Bertz CT molecular complexity index is 1400. The number of halogens is 1. The van der Waals surface area contributed by atoms with Gasteiger partial charge in [0.25, 0.3) is 0 Å². The van der Waals surface area contributed by atoms with Crippen LogP contribution in [0.15, 0.2) is 66.9 Å². The molecule has 0 amide bonds. The van der Waals surface area contributed by atoms with Crippen LogP contribution in [0, 0.1) is 19.7 Å². The first-order valence-electron chi connectivity index (χ1n) is 10.6. The summed E-state index contributed by atoms with van der Waals surface area (Å²) in [5.74, 6) is 0.436. The van der Waals surface area contributed by atoms with Crippen molar-refractivity contribution in [1.29, 1.82) is 0 Å². The molecule has 7 heteroatoms. The Kier molecular flexibility index (Phi) is 5.01. The zero-order valence-electron chi connectivity index (χ0n) is 18.2. The number of rotatable bonds is 5. The van der Waals surface area contributed by atoms with E-state index in [0.29, 0.717) is 5.69 Å². The van der Waals surface area contributed by atoms with Crippen molar-refractivity contribution in [3.63, 3.8) is 0 Å². The molecule has 0 radical (unpaired) electrons. The van der Waals surface area contributed by atoms with E-state index >= 15 is 0 Å². The smallest absolute Gasteiger partial charge is 0.147 e. The van der Waals surface area contributed by atoms with Crippen molar-refractivity contribution >= 4 is 11.0 Å². The fourth-order valence-corrected chi connectivity index (χ4v) is 4.28. The zero-order valence-corrected chi connectivity index (χ0v) is 18.2. The van der Waals surface area contributed by atoms with Gasteiger partial charge in [0, 0.05) is 18.3 Å². The van der Waals surface area contributed by atoms with Gasteiger partial charge in [0.1, 0.15) is 29.1 Å². The molecule has 5 aromatic rings. The van der Waals surface area contributed by atoms with Crippen LogP contribution in [0.25, 0.3) is 22.3 Å². The highest BCUT2D eigenvalue weighted by Crippen LogP contribution is 2.34. The molecule has 5 rings (SSSR count). The number of aryl methyl sites for hydroxylation is 2. The van der Waals surface area contributed by atoms with Crippen LogP contribution in [0.5, 0.6) is 0 Å². The summed E-state index contributed by atoms with van der Waals surface area (Å²) in [6.07, 6.45) is 1.63. The number of imidazole rings is 1. The minimum Gasteiger partial charge on any atom is -0.315 e. The minimum atomic E-state index is -0.454. The SMILES string of the molecule is CCn1nnc(-c2ccc3nc(C)n(C(c4ccccc4)c4ncccc4F)c3c2)c1C. The third-order valence-corrected chi connectivity index (χ3v) is 5.84. The summed E-state index contributed by atoms with van der Waals surface area (Å²) >= 11 is 0. The molecule has 0 N–H and O–H groups in total. The Hall–Kier alpha value is -3.87. The predicted octanol–water partition coefficient (Wildman–Crippen LogP) is 5.10. The molecule has 1 atom stereocenters. The summed E-state index contributed by atoms with van der Waals surface area (Å²) < 4.78 is 18.9. The fourth-order valence-electron chi connectivity index (χ4n) is 4.28. The molecule has 2 aromatic carbocycles. The van der Waals surface area contributed by atoms with Gasteiger partial charge in [-0.05, 0) is 50.6 Å². The van der Waals surface area contributed by atoms with Gasteiger partial charge in [-0.1, -0.05) is 41.6 Å². The highest BCUT2D eigenvalue weighted by molar-refractivity contribution is 5.82. The lowest BCUT2D eigenvalue weighted by atomic mass is 10.0. The van der Waals surface area contributed by atoms with Crippen molar-refractivity contribution in [2.24, 2.45) is 0 Å². The number of pyridine rings is 1. The monoisotopic (exact) mass is 426 g/mol. The summed E-state index contributed by atoms with van der Waals surface area (Å²) in [5.41, 5.74) is 5.81. The lowest BCUT2D eigenvalue weighted by Gasteiger charge is -2.22. The summed E-state index contributed by atoms with van der Waals surface area (Å²) in [6.45, 7) is 6.75. The summed E-state index contributed by atoms with van der Waals surface area (Å²) in [5, 5.41) is 8.63. The van der Waals surface area contributed by atoms with E-state index in [4.69, 9.17) is 4.98 Å². The van der Waals surface area contributed by atoms with E-state index < -0.39 is 6.04 Å². The average Bonchev–Trinajstić information content (AvgIpc) is 3.34. The largest absolute Gasteiger partial charge is 0.315 e. The second kappa shape index (κ2) is 8.00. The number of nitrogens with zero attached hydrogens (tertiary/aromatic N) is 6. The Morgan fingerprint density at radius 3 is 2.53 bits per heavy atom. The van der Waals surface area contributed by atoms with Crippen LogP contribution in [-0.4, -0.2) is 29.5 Å². The second-order valence-electron chi connectivity index (χ2n) is 7.76. The molecule has 3 aromatic heterocycles. The number of hydrogen-bond donors (Lipinski definition) is 0. The zero-order chi connectivity index (χ0) is 22.2. The lowest BCUT2D eigenvalue weighted by Crippen LogP contribution is -2.16. The van der Waals surface area contributed by atoms with Crippen molar-refractivity contribution in [1.82, 2.24) is 29.5 Å². The van der Waals surface area contributed by atoms with Gasteiger partial charge >= 0.3 is 0 Å². The highest BCUT2D eigenvalue weighted by atomic mass is 19.1. The van der Waals surface area contributed by atoms with Gasteiger partial charge in [-0.2, -0.15) is 0 Å². The normalized spacial score (nSPS) is 12.4. The topological polar surface area (TPSA) is 61.4 Å². The van der Waals surface area contributed by atoms with E-state index in [1.807, 2.05) is 67.9 Å². The van der Waals surface area contributed by atoms with Crippen LogP contribution < -0.4 is 0 Å². The maximum Gasteiger partial charge on any atom is 0.147 e. The van der Waals surface area contributed by atoms with E-state index in [1.165, 1.54) is 6.07 Å². The van der Waals surface area contributed by atoms with Crippen LogP contribution in [0.2, 0.25) is 0 Å². The molecule has 3 heterocycles. The van der Waals surface area contributed by atoms with Gasteiger partial charge in [-0.3, -0.25) is 4.98 Å². The van der Waals surface area contributed by atoms with Gasteiger partial charge in [0.2, 0.25) is 0 Å². The molecule has 1 unspecified atom stereocenters. The molecule has 0 saturated heterocycles. The van der Waals surface area contributed by atoms with Crippen molar-refractivity contribution in [3.05, 3.63) is 95.5 Å². The van der Waals surface area contributed by atoms with Crippen LogP contribution in [0.1, 0.15) is 35.7 Å². The molecule has 0 aliphatic heterocycles. The van der Waals surface area contributed by atoms with Gasteiger partial charge in [-0.15, -0.1) is 5.10 Å². The Labute approximate surface area is 185 Å². The van der Waals surface area contributed by atoms with Gasteiger partial charge in [0.05, 0.1) is 16.7 Å². The number of aromatic nitrogens is 6. The predicted molar refractivity (Wildman–Crippen MR) is 122 cm³/mol. The molecular weight excluding hydrogens is 403 g/mol. The van der Waals surface area contributed by atoms with E-state index in [2.05, 4.69) is 25.9 Å². The molecule has 0 aliphatic rings. The van der Waals surface area contributed by atoms with Crippen molar-refractivity contribution in [3.8, 4) is 11.3 Å². The Morgan fingerprint density at radius 2 is 1.81 bits per heavy atom. The summed E-state index contributed by atoms with van der Waals surface area (Å²) in [7, 11) is 0. The first kappa shape index (κ1) is 20.1. The first-order chi connectivity index (χ1) is 15.6. The third kappa shape index (κ3) is 3.26. The molecule has 160 valence electrons. The molecule has 0 spiro atoms. The summed E-state index contributed by atoms with van der Waals surface area (Å²) in [4.78, 5) is 9.18. The maximum atomic E-state index is 15.0. The van der Waals surface area contributed by atoms with E-state index in [-0.39, 0.29) is 5.82 Å². The van der Waals surface area contributed by atoms with Crippen molar-refractivity contribution in [2.45, 2.75) is 33.4 Å². The Morgan fingerprint density at radius 1 is 1.00 bits per heavy atom. The average molecular weight is 426 g/mol. The van der Waals surface area contributed by atoms with Gasteiger partial charge < -0.3 is 4.57 Å². The van der Waals surface area contributed by atoms with E-state index in [9.17, 15) is 4.39 Å². The second-order valence-corrected chi connectivity index (χ2v) is 7.76. The summed E-state index contributed by atoms with van der Waals surface area (Å²) in [6, 6.07) is 18.5. The molecular formula is C25H23FN6. The highest BCUT2D eigenvalue weighted by Gasteiger charge is 2.25. The number of fused-ring (bicyclic) bond motifs is 1. The fraction of sp³-hybridized carbons (Fsp3) is 0.200. The minimum absolute atomic E-state index is 0.347. The molecule has 0 bridgehead atoms. The molecule has 0 saturated carbocycles. The molecule has 32 heavy (non-hydrogen) atoms. The molecule has 6 nitrogen and oxygen atoms in total. The Balaban J connectivity index is 1.76. The van der Waals surface area contributed by atoms with E-state index in [1.54, 1.807) is 12.3 Å². The number of benzene rings is 2. The molecule has 0 fully saturated rings.